The number of hydrogen-bond donors (Lipinski definition) is 2. The van der Waals surface area contributed by atoms with E-state index < -0.39 is 84.0 Å². The summed E-state index contributed by atoms with van der Waals surface area (Å²) in [6, 6.07) is 1.79. The molecule has 6 rings (SSSR count). The molecular formula is C30H35F3N6O6. The van der Waals surface area contributed by atoms with Gasteiger partial charge in [0.05, 0.1) is 12.6 Å². The monoisotopic (exact) mass is 632 g/mol. The molecule has 15 heteroatoms. The summed E-state index contributed by atoms with van der Waals surface area (Å²) >= 11 is 0. The summed E-state index contributed by atoms with van der Waals surface area (Å²) in [6.45, 7) is 3.68. The lowest BCUT2D eigenvalue weighted by molar-refractivity contribution is -0.149. The lowest BCUT2D eigenvalue weighted by atomic mass is 9.77. The van der Waals surface area contributed by atoms with Gasteiger partial charge >= 0.3 is 6.09 Å². The summed E-state index contributed by atoms with van der Waals surface area (Å²) < 4.78 is 51.2. The topological polar surface area (TPSA) is 154 Å². The average molecular weight is 633 g/mol. The molecule has 1 spiro atoms. The van der Waals surface area contributed by atoms with Gasteiger partial charge in [-0.05, 0) is 54.1 Å². The fraction of sp³-hybridized carbons (Fsp3) is 0.667. The molecule has 4 amide bonds. The molecule has 1 aromatic rings. The van der Waals surface area contributed by atoms with E-state index in [-0.39, 0.29) is 42.9 Å². The molecule has 0 aromatic carbocycles. The van der Waals surface area contributed by atoms with Gasteiger partial charge in [0.2, 0.25) is 17.4 Å². The first-order valence-electron chi connectivity index (χ1n) is 15.1. The first-order valence-corrected chi connectivity index (χ1v) is 15.1. The Morgan fingerprint density at radius 3 is 2.71 bits per heavy atom. The van der Waals surface area contributed by atoms with E-state index in [1.165, 1.54) is 16.0 Å². The number of nitrogens with one attached hydrogen (secondary N) is 2. The van der Waals surface area contributed by atoms with Crippen LogP contribution in [0.5, 0.6) is 5.75 Å². The molecule has 12 nitrogen and oxygen atoms in total. The number of aromatic nitrogens is 1. The van der Waals surface area contributed by atoms with Gasteiger partial charge < -0.3 is 29.9 Å². The molecule has 2 saturated carbocycles. The molecule has 2 saturated heterocycles. The van der Waals surface area contributed by atoms with Crippen molar-refractivity contribution < 1.29 is 41.8 Å². The standard InChI is InChI=1S/C30H35F3N6O6/c1-29(2,3)23(36-28(43)44-12-20(32)33)26(41)38-11-17-14-7-16(18(31)8-14)21(17)22(38)25(40)39-13-30(9-15(39)10-34)27(42)37-24-19(45-30)5-4-6-35-24/h4-6,14-18,20-23H,7-9,11-13H2,1-3H3,(H,36,43)(H,35,37,42). The van der Waals surface area contributed by atoms with Gasteiger partial charge in [0.1, 0.15) is 24.3 Å². The van der Waals surface area contributed by atoms with E-state index in [1.807, 2.05) is 0 Å². The van der Waals surface area contributed by atoms with Crippen molar-refractivity contribution >= 4 is 29.6 Å². The number of fused-ring (bicyclic) bond motifs is 6. The van der Waals surface area contributed by atoms with Crippen molar-refractivity contribution in [3.8, 4) is 11.8 Å². The van der Waals surface area contributed by atoms with Gasteiger partial charge in [0.25, 0.3) is 12.3 Å². The highest BCUT2D eigenvalue weighted by atomic mass is 19.3. The number of likely N-dealkylation sites (tertiary alicyclic amines) is 2. The van der Waals surface area contributed by atoms with E-state index in [2.05, 4.69) is 26.4 Å². The second kappa shape index (κ2) is 11.1. The van der Waals surface area contributed by atoms with Crippen molar-refractivity contribution in [1.29, 1.82) is 5.26 Å². The van der Waals surface area contributed by atoms with Crippen LogP contribution in [0.1, 0.15) is 40.0 Å². The quantitative estimate of drug-likeness (QED) is 0.502. The van der Waals surface area contributed by atoms with Crippen LogP contribution in [0.3, 0.4) is 0 Å². The second-order valence-electron chi connectivity index (χ2n) is 13.7. The molecule has 45 heavy (non-hydrogen) atoms. The Morgan fingerprint density at radius 1 is 1.27 bits per heavy atom. The van der Waals surface area contributed by atoms with Crippen LogP contribution in [0, 0.1) is 40.4 Å². The Morgan fingerprint density at radius 2 is 2.02 bits per heavy atom. The number of rotatable bonds is 5. The molecule has 1 aromatic heterocycles. The second-order valence-corrected chi connectivity index (χ2v) is 13.7. The number of ether oxygens (including phenoxy) is 2. The van der Waals surface area contributed by atoms with Crippen LogP contribution in [0.2, 0.25) is 0 Å². The molecular weight excluding hydrogens is 597 g/mol. The third kappa shape index (κ3) is 5.21. The predicted octanol–water partition coefficient (Wildman–Crippen LogP) is 2.50. The number of alkyl carbamates (subject to hydrolysis) is 1. The Balaban J connectivity index is 1.31. The number of alkyl halides is 3. The van der Waals surface area contributed by atoms with E-state index in [0.717, 1.165) is 0 Å². The number of carbonyl (C=O) groups is 4. The molecule has 4 fully saturated rings. The zero-order valence-corrected chi connectivity index (χ0v) is 25.0. The van der Waals surface area contributed by atoms with Crippen molar-refractivity contribution in [3.05, 3.63) is 18.3 Å². The van der Waals surface area contributed by atoms with Crippen LogP contribution in [0.25, 0.3) is 0 Å². The van der Waals surface area contributed by atoms with Gasteiger partial charge in [-0.15, -0.1) is 0 Å². The minimum absolute atomic E-state index is 0.0479. The number of nitriles is 1. The smallest absolute Gasteiger partial charge is 0.408 e. The molecule has 5 aliphatic rings. The van der Waals surface area contributed by atoms with Crippen molar-refractivity contribution in [2.45, 2.75) is 76.4 Å². The van der Waals surface area contributed by atoms with Gasteiger partial charge in [-0.1, -0.05) is 20.8 Å². The highest BCUT2D eigenvalue weighted by Gasteiger charge is 2.65. The minimum atomic E-state index is -2.90. The van der Waals surface area contributed by atoms with Gasteiger partial charge in [0, 0.05) is 19.2 Å². The highest BCUT2D eigenvalue weighted by molar-refractivity contribution is 6.01. The van der Waals surface area contributed by atoms with Crippen molar-refractivity contribution in [2.24, 2.45) is 29.1 Å². The lowest BCUT2D eigenvalue weighted by Crippen LogP contribution is -2.60. The summed E-state index contributed by atoms with van der Waals surface area (Å²) in [6.07, 6.45) is -3.03. The number of hydrogen-bond acceptors (Lipinski definition) is 8. The highest BCUT2D eigenvalue weighted by Crippen LogP contribution is 2.59. The fourth-order valence-corrected chi connectivity index (χ4v) is 8.04. The van der Waals surface area contributed by atoms with Gasteiger partial charge in [-0.2, -0.15) is 5.26 Å². The van der Waals surface area contributed by atoms with E-state index in [1.54, 1.807) is 32.9 Å². The number of amides is 4. The number of halogens is 3. The molecule has 2 bridgehead atoms. The first-order chi connectivity index (χ1) is 21.2. The molecule has 4 heterocycles. The molecule has 2 N–H and O–H groups in total. The Bertz CT molecular complexity index is 1450. The number of carbonyl (C=O) groups excluding carboxylic acids is 4. The van der Waals surface area contributed by atoms with E-state index in [4.69, 9.17) is 4.74 Å². The predicted molar refractivity (Wildman–Crippen MR) is 149 cm³/mol. The van der Waals surface area contributed by atoms with Crippen LogP contribution in [-0.2, 0) is 19.1 Å². The SMILES string of the molecule is CC(C)(C)C(NC(=O)OCC(F)F)C(=O)N1CC2C3CC(F)C(C3)C2C1C(=O)N1CC2(CC1C#N)Oc1cccnc1NC2=O. The fourth-order valence-electron chi connectivity index (χ4n) is 8.04. The number of pyridine rings is 1. The molecule has 9 atom stereocenters. The maximum absolute atomic E-state index is 15.2. The Kier molecular flexibility index (Phi) is 7.60. The summed E-state index contributed by atoms with van der Waals surface area (Å²) in [7, 11) is 0. The molecule has 0 radical (unpaired) electrons. The summed E-state index contributed by atoms with van der Waals surface area (Å²) in [5, 5.41) is 15.2. The average Bonchev–Trinajstić information content (AvgIpc) is 3.73. The van der Waals surface area contributed by atoms with Crippen LogP contribution in [0.15, 0.2) is 18.3 Å². The van der Waals surface area contributed by atoms with Crippen LogP contribution in [-0.4, -0.2) is 94.6 Å². The molecule has 2 aliphatic carbocycles. The van der Waals surface area contributed by atoms with Gasteiger partial charge in [0.15, 0.2) is 18.2 Å². The zero-order chi connectivity index (χ0) is 32.4. The van der Waals surface area contributed by atoms with Crippen LogP contribution < -0.4 is 15.4 Å². The van der Waals surface area contributed by atoms with E-state index in [9.17, 15) is 33.2 Å². The van der Waals surface area contributed by atoms with Gasteiger partial charge in [-0.3, -0.25) is 14.4 Å². The van der Waals surface area contributed by atoms with Crippen molar-refractivity contribution in [3.63, 3.8) is 0 Å². The molecule has 242 valence electrons. The Hall–Kier alpha value is -4.09. The van der Waals surface area contributed by atoms with Crippen molar-refractivity contribution in [2.75, 3.05) is 25.0 Å². The zero-order valence-electron chi connectivity index (χ0n) is 25.0. The van der Waals surface area contributed by atoms with Crippen LogP contribution in [0.4, 0.5) is 23.8 Å². The van der Waals surface area contributed by atoms with E-state index in [0.29, 0.717) is 12.8 Å². The molecule has 3 aliphatic heterocycles. The summed E-state index contributed by atoms with van der Waals surface area (Å²) in [5.74, 6) is -2.57. The van der Waals surface area contributed by atoms with Gasteiger partial charge in [-0.25, -0.2) is 22.9 Å². The van der Waals surface area contributed by atoms with Crippen LogP contribution >= 0.6 is 0 Å². The number of nitrogens with zero attached hydrogens (tertiary/aromatic N) is 4. The minimum Gasteiger partial charge on any atom is -0.472 e. The Labute approximate surface area is 257 Å². The third-order valence-corrected chi connectivity index (χ3v) is 10.0. The molecule has 9 unspecified atom stereocenters. The summed E-state index contributed by atoms with van der Waals surface area (Å²) in [4.78, 5) is 61.2. The maximum atomic E-state index is 15.2. The normalized spacial score (nSPS) is 33.7. The third-order valence-electron chi connectivity index (χ3n) is 10.0. The largest absolute Gasteiger partial charge is 0.472 e. The lowest BCUT2D eigenvalue weighted by Gasteiger charge is -2.38. The summed E-state index contributed by atoms with van der Waals surface area (Å²) in [5.41, 5.74) is -2.52. The van der Waals surface area contributed by atoms with Crippen molar-refractivity contribution in [1.82, 2.24) is 20.1 Å². The maximum Gasteiger partial charge on any atom is 0.408 e. The van der Waals surface area contributed by atoms with E-state index >= 15 is 4.39 Å². The number of anilines is 1. The first kappa shape index (κ1) is 30.9.